The van der Waals surface area contributed by atoms with E-state index < -0.39 is 0 Å². The predicted molar refractivity (Wildman–Crippen MR) is 80.4 cm³/mol. The molecule has 1 rings (SSSR count). The molecule has 1 aromatic rings. The third-order valence-corrected chi connectivity index (χ3v) is 3.64. The molecule has 1 heterocycles. The van der Waals surface area contributed by atoms with E-state index in [4.69, 9.17) is 10.5 Å². The van der Waals surface area contributed by atoms with Crippen molar-refractivity contribution in [3.8, 4) is 5.75 Å². The molecule has 3 nitrogen and oxygen atoms in total. The van der Waals surface area contributed by atoms with Gasteiger partial charge in [-0.25, -0.2) is 0 Å². The van der Waals surface area contributed by atoms with Gasteiger partial charge in [-0.15, -0.1) is 0 Å². The van der Waals surface area contributed by atoms with Gasteiger partial charge in [0, 0.05) is 29.6 Å². The monoisotopic (exact) mass is 264 g/mol. The van der Waals surface area contributed by atoms with E-state index in [9.17, 15) is 0 Å². The molecule has 1 aromatic heterocycles. The highest BCUT2D eigenvalue weighted by Crippen LogP contribution is 2.23. The van der Waals surface area contributed by atoms with Gasteiger partial charge in [-0.05, 0) is 26.2 Å². The number of aryl methyl sites for hydroxylation is 2. The minimum absolute atomic E-state index is 0.486. The van der Waals surface area contributed by atoms with E-state index in [1.54, 1.807) is 0 Å². The quantitative estimate of drug-likeness (QED) is 0.778. The molecule has 2 N–H and O–H groups in total. The smallest absolute Gasteiger partial charge is 0.127 e. The van der Waals surface area contributed by atoms with E-state index in [1.807, 2.05) is 19.9 Å². The molecule has 0 aliphatic rings. The summed E-state index contributed by atoms with van der Waals surface area (Å²) in [7, 11) is 0. The molecule has 0 spiro atoms. The molecule has 0 amide bonds. The molecule has 0 fully saturated rings. The maximum absolute atomic E-state index is 6.02. The molecular formula is C16H28N2O. The van der Waals surface area contributed by atoms with Crippen molar-refractivity contribution in [1.82, 2.24) is 4.98 Å². The van der Waals surface area contributed by atoms with E-state index in [0.29, 0.717) is 12.5 Å². The first-order valence-electron chi connectivity index (χ1n) is 7.42. The fourth-order valence-corrected chi connectivity index (χ4v) is 2.30. The summed E-state index contributed by atoms with van der Waals surface area (Å²) < 4.78 is 6.02. The van der Waals surface area contributed by atoms with Crippen LogP contribution in [-0.4, -0.2) is 11.6 Å². The number of nitrogens with two attached hydrogens (primary N) is 1. The van der Waals surface area contributed by atoms with Gasteiger partial charge in [-0.3, -0.25) is 4.98 Å². The van der Waals surface area contributed by atoms with E-state index in [0.717, 1.165) is 29.3 Å². The van der Waals surface area contributed by atoms with Gasteiger partial charge in [0.15, 0.2) is 0 Å². The van der Waals surface area contributed by atoms with E-state index >= 15 is 0 Å². The number of hydrogen-bond acceptors (Lipinski definition) is 3. The van der Waals surface area contributed by atoms with Crippen LogP contribution in [0, 0.1) is 19.8 Å². The lowest BCUT2D eigenvalue weighted by Crippen LogP contribution is -2.14. The van der Waals surface area contributed by atoms with Crippen molar-refractivity contribution < 1.29 is 4.74 Å². The molecule has 1 unspecified atom stereocenters. The molecule has 0 bridgehead atoms. The summed E-state index contributed by atoms with van der Waals surface area (Å²) >= 11 is 0. The van der Waals surface area contributed by atoms with Crippen LogP contribution in [0.3, 0.4) is 0 Å². The Morgan fingerprint density at radius 3 is 2.63 bits per heavy atom. The number of rotatable bonds is 8. The van der Waals surface area contributed by atoms with Crippen molar-refractivity contribution in [3.63, 3.8) is 0 Å². The average Bonchev–Trinajstić information content (AvgIpc) is 2.38. The second-order valence-electron chi connectivity index (χ2n) is 5.26. The van der Waals surface area contributed by atoms with Crippen molar-refractivity contribution >= 4 is 0 Å². The molecule has 3 heteroatoms. The number of ether oxygens (including phenoxy) is 1. The number of nitrogens with zero attached hydrogens (tertiary/aromatic N) is 1. The van der Waals surface area contributed by atoms with E-state index in [2.05, 4.69) is 18.8 Å². The molecule has 0 radical (unpaired) electrons. The minimum atomic E-state index is 0.486. The number of unbranched alkanes of at least 4 members (excludes halogenated alkanes) is 1. The first-order chi connectivity index (χ1) is 9.12. The van der Waals surface area contributed by atoms with Gasteiger partial charge >= 0.3 is 0 Å². The van der Waals surface area contributed by atoms with Crippen LogP contribution in [0.15, 0.2) is 6.07 Å². The number of hydrogen-bond donors (Lipinski definition) is 1. The van der Waals surface area contributed by atoms with Crippen LogP contribution in [0.25, 0.3) is 0 Å². The summed E-state index contributed by atoms with van der Waals surface area (Å²) in [5, 5.41) is 0. The van der Waals surface area contributed by atoms with Crippen LogP contribution in [0.5, 0.6) is 5.75 Å². The van der Waals surface area contributed by atoms with Gasteiger partial charge in [-0.1, -0.05) is 33.1 Å². The molecule has 0 saturated carbocycles. The van der Waals surface area contributed by atoms with Crippen LogP contribution in [0.1, 0.15) is 56.5 Å². The van der Waals surface area contributed by atoms with E-state index in [1.165, 1.54) is 25.7 Å². The first-order valence-corrected chi connectivity index (χ1v) is 7.42. The first kappa shape index (κ1) is 16.0. The molecule has 0 aliphatic carbocycles. The normalized spacial score (nSPS) is 12.5. The zero-order valence-electron chi connectivity index (χ0n) is 12.8. The average molecular weight is 264 g/mol. The topological polar surface area (TPSA) is 48.1 Å². The molecule has 0 saturated heterocycles. The summed E-state index contributed by atoms with van der Waals surface area (Å²) in [4.78, 5) is 4.44. The highest BCUT2D eigenvalue weighted by Gasteiger charge is 2.11. The molecule has 0 aliphatic heterocycles. The van der Waals surface area contributed by atoms with Crippen molar-refractivity contribution in [3.05, 3.63) is 23.0 Å². The Hall–Kier alpha value is -1.09. The molecule has 19 heavy (non-hydrogen) atoms. The van der Waals surface area contributed by atoms with Gasteiger partial charge in [0.2, 0.25) is 0 Å². The van der Waals surface area contributed by atoms with Gasteiger partial charge in [-0.2, -0.15) is 0 Å². The Morgan fingerprint density at radius 2 is 2.05 bits per heavy atom. The third kappa shape index (κ3) is 4.83. The van der Waals surface area contributed by atoms with Crippen molar-refractivity contribution in [1.29, 1.82) is 0 Å². The Morgan fingerprint density at radius 1 is 1.32 bits per heavy atom. The summed E-state index contributed by atoms with van der Waals surface area (Å²) in [6.07, 6.45) is 4.94. The van der Waals surface area contributed by atoms with Gasteiger partial charge in [0.1, 0.15) is 5.75 Å². The zero-order chi connectivity index (χ0) is 14.3. The SMILES string of the molecule is CCCCC(CC)COc1cc(C)nc(C)c1CN. The molecule has 0 aromatic carbocycles. The fraction of sp³-hybridized carbons (Fsp3) is 0.688. The van der Waals surface area contributed by atoms with Crippen molar-refractivity contribution in [2.24, 2.45) is 11.7 Å². The lowest BCUT2D eigenvalue weighted by atomic mass is 10.0. The van der Waals surface area contributed by atoms with Crippen LogP contribution in [0.4, 0.5) is 0 Å². The summed E-state index contributed by atoms with van der Waals surface area (Å²) in [6, 6.07) is 2.00. The maximum atomic E-state index is 6.02. The Labute approximate surface area is 117 Å². The van der Waals surface area contributed by atoms with Crippen LogP contribution < -0.4 is 10.5 Å². The lowest BCUT2D eigenvalue weighted by molar-refractivity contribution is 0.231. The standard InChI is InChI=1S/C16H28N2O/c1-5-7-8-14(6-2)11-19-16-9-12(3)18-13(4)15(16)10-17/h9,14H,5-8,10-11,17H2,1-4H3. The summed E-state index contributed by atoms with van der Waals surface area (Å²) in [5.74, 6) is 1.56. The Balaban J connectivity index is 2.70. The van der Waals surface area contributed by atoms with Crippen LogP contribution in [-0.2, 0) is 6.54 Å². The second kappa shape index (κ2) is 8.16. The van der Waals surface area contributed by atoms with Crippen molar-refractivity contribution in [2.75, 3.05) is 6.61 Å². The predicted octanol–water partition coefficient (Wildman–Crippen LogP) is 3.75. The Kier molecular flexibility index (Phi) is 6.85. The maximum Gasteiger partial charge on any atom is 0.127 e. The number of aromatic nitrogens is 1. The van der Waals surface area contributed by atoms with Gasteiger partial charge < -0.3 is 10.5 Å². The summed E-state index contributed by atoms with van der Waals surface area (Å²) in [5.41, 5.74) is 8.82. The highest BCUT2D eigenvalue weighted by molar-refractivity contribution is 5.37. The summed E-state index contributed by atoms with van der Waals surface area (Å²) in [6.45, 7) is 9.73. The van der Waals surface area contributed by atoms with Gasteiger partial charge in [0.05, 0.1) is 6.61 Å². The minimum Gasteiger partial charge on any atom is -0.493 e. The second-order valence-corrected chi connectivity index (χ2v) is 5.26. The largest absolute Gasteiger partial charge is 0.493 e. The number of pyridine rings is 1. The highest BCUT2D eigenvalue weighted by atomic mass is 16.5. The fourth-order valence-electron chi connectivity index (χ4n) is 2.30. The van der Waals surface area contributed by atoms with Gasteiger partial charge in [0.25, 0.3) is 0 Å². The van der Waals surface area contributed by atoms with Crippen LogP contribution >= 0.6 is 0 Å². The van der Waals surface area contributed by atoms with Crippen LogP contribution in [0.2, 0.25) is 0 Å². The molecular weight excluding hydrogens is 236 g/mol. The lowest BCUT2D eigenvalue weighted by Gasteiger charge is -2.18. The van der Waals surface area contributed by atoms with E-state index in [-0.39, 0.29) is 0 Å². The molecule has 1 atom stereocenters. The zero-order valence-corrected chi connectivity index (χ0v) is 12.8. The Bertz CT molecular complexity index is 391. The van der Waals surface area contributed by atoms with Crippen molar-refractivity contribution in [2.45, 2.75) is 59.9 Å². The third-order valence-electron chi connectivity index (χ3n) is 3.64. The molecule has 108 valence electrons.